The summed E-state index contributed by atoms with van der Waals surface area (Å²) in [6, 6.07) is 9.01. The predicted octanol–water partition coefficient (Wildman–Crippen LogP) is 2.43. The molecule has 0 fully saturated rings. The third-order valence-electron chi connectivity index (χ3n) is 2.68. The van der Waals surface area contributed by atoms with E-state index in [1.807, 2.05) is 51.1 Å². The van der Waals surface area contributed by atoms with Crippen LogP contribution >= 0.6 is 0 Å². The Labute approximate surface area is 114 Å². The molecule has 4 nitrogen and oxygen atoms in total. The largest absolute Gasteiger partial charge is 0.480 e. The summed E-state index contributed by atoms with van der Waals surface area (Å²) >= 11 is 0. The Morgan fingerprint density at radius 1 is 1.32 bits per heavy atom. The molecule has 1 rings (SSSR count). The summed E-state index contributed by atoms with van der Waals surface area (Å²) in [4.78, 5) is 11.3. The zero-order chi connectivity index (χ0) is 14.5. The van der Waals surface area contributed by atoms with Gasteiger partial charge in [-0.15, -0.1) is 0 Å². The smallest absolute Gasteiger partial charge is 0.323 e. The maximum absolute atomic E-state index is 11.3. The maximum Gasteiger partial charge on any atom is 0.323 e. The van der Waals surface area contributed by atoms with E-state index in [1.54, 1.807) is 6.92 Å². The standard InChI is InChI=1S/C15H23NO3/c1-11(13(14(17)18)16-15(2,3)4)19-10-12-8-6-5-7-9-12/h5-9,11,13,16H,10H2,1-4H3,(H,17,18). The van der Waals surface area contributed by atoms with Crippen LogP contribution in [-0.2, 0) is 16.1 Å². The Kier molecular flexibility index (Phi) is 5.51. The second kappa shape index (κ2) is 6.68. The summed E-state index contributed by atoms with van der Waals surface area (Å²) in [5, 5.41) is 12.3. The number of carboxylic acids is 1. The van der Waals surface area contributed by atoms with Crippen molar-refractivity contribution >= 4 is 5.97 Å². The molecule has 0 amide bonds. The molecule has 2 unspecified atom stereocenters. The van der Waals surface area contributed by atoms with Gasteiger partial charge in [-0.25, -0.2) is 0 Å². The highest BCUT2D eigenvalue weighted by atomic mass is 16.5. The quantitative estimate of drug-likeness (QED) is 0.829. The first-order valence-corrected chi connectivity index (χ1v) is 6.45. The summed E-state index contributed by atoms with van der Waals surface area (Å²) in [7, 11) is 0. The van der Waals surface area contributed by atoms with Crippen molar-refractivity contribution in [3.63, 3.8) is 0 Å². The molecule has 0 aromatic heterocycles. The van der Waals surface area contributed by atoms with Crippen LogP contribution in [0.4, 0.5) is 0 Å². The third-order valence-corrected chi connectivity index (χ3v) is 2.68. The van der Waals surface area contributed by atoms with Gasteiger partial charge in [-0.1, -0.05) is 30.3 Å². The highest BCUT2D eigenvalue weighted by Gasteiger charge is 2.29. The lowest BCUT2D eigenvalue weighted by Crippen LogP contribution is -2.53. The van der Waals surface area contributed by atoms with Crippen molar-refractivity contribution in [2.75, 3.05) is 0 Å². The minimum absolute atomic E-state index is 0.270. The van der Waals surface area contributed by atoms with Gasteiger partial charge in [-0.3, -0.25) is 10.1 Å². The highest BCUT2D eigenvalue weighted by Crippen LogP contribution is 2.10. The van der Waals surface area contributed by atoms with Crippen molar-refractivity contribution in [3.8, 4) is 0 Å². The fourth-order valence-electron chi connectivity index (χ4n) is 1.74. The van der Waals surface area contributed by atoms with Gasteiger partial charge in [0.2, 0.25) is 0 Å². The molecule has 0 aliphatic heterocycles. The van der Waals surface area contributed by atoms with Crippen LogP contribution in [0.3, 0.4) is 0 Å². The topological polar surface area (TPSA) is 58.6 Å². The molecule has 0 aliphatic rings. The Balaban J connectivity index is 2.58. The van der Waals surface area contributed by atoms with Gasteiger partial charge in [0.1, 0.15) is 6.04 Å². The SMILES string of the molecule is CC(OCc1ccccc1)C(NC(C)(C)C)C(=O)O. The van der Waals surface area contributed by atoms with Crippen molar-refractivity contribution in [1.29, 1.82) is 0 Å². The monoisotopic (exact) mass is 265 g/mol. The van der Waals surface area contributed by atoms with Crippen LogP contribution in [0.2, 0.25) is 0 Å². The average molecular weight is 265 g/mol. The van der Waals surface area contributed by atoms with E-state index in [4.69, 9.17) is 4.74 Å². The van der Waals surface area contributed by atoms with Gasteiger partial charge in [-0.2, -0.15) is 0 Å². The number of carbonyl (C=O) groups is 1. The van der Waals surface area contributed by atoms with E-state index < -0.39 is 18.1 Å². The van der Waals surface area contributed by atoms with Crippen LogP contribution < -0.4 is 5.32 Å². The lowest BCUT2D eigenvalue weighted by Gasteiger charge is -2.29. The number of hydrogen-bond acceptors (Lipinski definition) is 3. The van der Waals surface area contributed by atoms with E-state index in [0.29, 0.717) is 6.61 Å². The lowest BCUT2D eigenvalue weighted by atomic mass is 10.0. The molecule has 1 aromatic carbocycles. The highest BCUT2D eigenvalue weighted by molar-refractivity contribution is 5.74. The summed E-state index contributed by atoms with van der Waals surface area (Å²) in [6.07, 6.45) is -0.406. The number of carboxylic acid groups (broad SMARTS) is 1. The van der Waals surface area contributed by atoms with Crippen molar-refractivity contribution in [2.45, 2.75) is 52.0 Å². The number of benzene rings is 1. The first-order chi connectivity index (χ1) is 8.79. The Hall–Kier alpha value is -1.39. The molecule has 4 heteroatoms. The third kappa shape index (κ3) is 5.85. The molecule has 0 saturated heterocycles. The molecule has 0 spiro atoms. The average Bonchev–Trinajstić information content (AvgIpc) is 2.33. The van der Waals surface area contributed by atoms with Gasteiger partial charge in [0.15, 0.2) is 0 Å². The number of hydrogen-bond donors (Lipinski definition) is 2. The summed E-state index contributed by atoms with van der Waals surface area (Å²) in [5.41, 5.74) is 0.766. The number of aliphatic carboxylic acids is 1. The van der Waals surface area contributed by atoms with E-state index in [2.05, 4.69) is 5.32 Å². The Morgan fingerprint density at radius 2 is 1.89 bits per heavy atom. The van der Waals surface area contributed by atoms with Gasteiger partial charge in [0, 0.05) is 5.54 Å². The fraction of sp³-hybridized carbons (Fsp3) is 0.533. The minimum atomic E-state index is -0.893. The molecule has 19 heavy (non-hydrogen) atoms. The van der Waals surface area contributed by atoms with Crippen molar-refractivity contribution < 1.29 is 14.6 Å². The second-order valence-electron chi connectivity index (χ2n) is 5.71. The van der Waals surface area contributed by atoms with Crippen molar-refractivity contribution in [1.82, 2.24) is 5.32 Å². The minimum Gasteiger partial charge on any atom is -0.480 e. The van der Waals surface area contributed by atoms with E-state index in [1.165, 1.54) is 0 Å². The molecule has 106 valence electrons. The zero-order valence-electron chi connectivity index (χ0n) is 12.0. The summed E-state index contributed by atoms with van der Waals surface area (Å²) in [5.74, 6) is -0.893. The Morgan fingerprint density at radius 3 is 2.37 bits per heavy atom. The maximum atomic E-state index is 11.3. The molecule has 2 N–H and O–H groups in total. The van der Waals surface area contributed by atoms with Crippen molar-refractivity contribution in [3.05, 3.63) is 35.9 Å². The number of nitrogens with one attached hydrogen (secondary N) is 1. The molecule has 0 aliphatic carbocycles. The van der Waals surface area contributed by atoms with Gasteiger partial charge < -0.3 is 9.84 Å². The summed E-state index contributed by atoms with van der Waals surface area (Å²) in [6.45, 7) is 8.00. The van der Waals surface area contributed by atoms with Crippen LogP contribution in [0.15, 0.2) is 30.3 Å². The molecule has 0 saturated carbocycles. The fourth-order valence-corrected chi connectivity index (χ4v) is 1.74. The van der Waals surface area contributed by atoms with Gasteiger partial charge >= 0.3 is 5.97 Å². The molecule has 1 aromatic rings. The number of ether oxygens (including phenoxy) is 1. The molecular formula is C15H23NO3. The van der Waals surface area contributed by atoms with Crippen LogP contribution in [-0.4, -0.2) is 28.8 Å². The first-order valence-electron chi connectivity index (χ1n) is 6.45. The van der Waals surface area contributed by atoms with Gasteiger partial charge in [0.05, 0.1) is 12.7 Å². The predicted molar refractivity (Wildman–Crippen MR) is 75.0 cm³/mol. The van der Waals surface area contributed by atoms with E-state index in [9.17, 15) is 9.90 Å². The van der Waals surface area contributed by atoms with Crippen molar-refractivity contribution in [2.24, 2.45) is 0 Å². The molecule has 0 bridgehead atoms. The van der Waals surface area contributed by atoms with Crippen LogP contribution in [0.5, 0.6) is 0 Å². The summed E-state index contributed by atoms with van der Waals surface area (Å²) < 4.78 is 5.65. The molecule has 2 atom stereocenters. The normalized spacial score (nSPS) is 14.9. The second-order valence-corrected chi connectivity index (χ2v) is 5.71. The molecular weight excluding hydrogens is 242 g/mol. The van der Waals surface area contributed by atoms with E-state index in [-0.39, 0.29) is 5.54 Å². The van der Waals surface area contributed by atoms with Crippen LogP contribution in [0.1, 0.15) is 33.3 Å². The zero-order valence-corrected chi connectivity index (χ0v) is 12.0. The Bertz CT molecular complexity index is 398. The van der Waals surface area contributed by atoms with Crippen LogP contribution in [0.25, 0.3) is 0 Å². The lowest BCUT2D eigenvalue weighted by molar-refractivity contribution is -0.144. The number of rotatable bonds is 6. The van der Waals surface area contributed by atoms with Gasteiger partial charge in [-0.05, 0) is 33.3 Å². The van der Waals surface area contributed by atoms with Crippen LogP contribution in [0, 0.1) is 0 Å². The van der Waals surface area contributed by atoms with Gasteiger partial charge in [0.25, 0.3) is 0 Å². The first kappa shape index (κ1) is 15.7. The molecule has 0 radical (unpaired) electrons. The molecule has 0 heterocycles. The van der Waals surface area contributed by atoms with E-state index in [0.717, 1.165) is 5.56 Å². The van der Waals surface area contributed by atoms with E-state index >= 15 is 0 Å².